The van der Waals surface area contributed by atoms with E-state index in [1.165, 1.54) is 25.1 Å². The van der Waals surface area contributed by atoms with Gasteiger partial charge in [0, 0.05) is 11.8 Å². The number of hydrogen-bond donors (Lipinski definition) is 1. The molecule has 0 bridgehead atoms. The molecule has 0 saturated carbocycles. The van der Waals surface area contributed by atoms with Gasteiger partial charge < -0.3 is 18.9 Å². The summed E-state index contributed by atoms with van der Waals surface area (Å²) >= 11 is 0. The number of benzene rings is 3. The highest BCUT2D eigenvalue weighted by Gasteiger charge is 2.52. The first kappa shape index (κ1) is 28.2. The smallest absolute Gasteiger partial charge is 0.338 e. The summed E-state index contributed by atoms with van der Waals surface area (Å²) in [5, 5.41) is 0. The number of aryl methyl sites for hydroxylation is 1. The molecule has 2 unspecified atom stereocenters. The first-order valence-corrected chi connectivity index (χ1v) is 13.0. The SMILES string of the molecule is Cc1cc(=O)[nH]c(=O)n1[C@H]1O[C@@H](COC(=O)c2ccccc2)C(OC(=O)c2ccccc2)C1OC(=O)c1ccccc1. The maximum Gasteiger partial charge on any atom is 0.338 e. The number of nitrogens with one attached hydrogen (secondary N) is 1. The zero-order chi connectivity index (χ0) is 29.6. The second-order valence-corrected chi connectivity index (χ2v) is 9.45. The van der Waals surface area contributed by atoms with Crippen molar-refractivity contribution in [1.29, 1.82) is 0 Å². The molecule has 1 fully saturated rings. The molecule has 0 radical (unpaired) electrons. The van der Waals surface area contributed by atoms with Crippen LogP contribution >= 0.6 is 0 Å². The number of nitrogens with zero attached hydrogens (tertiary/aromatic N) is 1. The summed E-state index contributed by atoms with van der Waals surface area (Å²) in [6.07, 6.45) is -5.22. The minimum absolute atomic E-state index is 0.199. The molecule has 5 rings (SSSR count). The normalized spacial score (nSPS) is 19.5. The van der Waals surface area contributed by atoms with Crippen molar-refractivity contribution in [3.63, 3.8) is 0 Å². The third-order valence-corrected chi connectivity index (χ3v) is 6.60. The van der Waals surface area contributed by atoms with Crippen LogP contribution in [0.5, 0.6) is 0 Å². The van der Waals surface area contributed by atoms with E-state index in [1.807, 2.05) is 0 Å². The van der Waals surface area contributed by atoms with E-state index < -0.39 is 60.3 Å². The van der Waals surface area contributed by atoms with Crippen molar-refractivity contribution in [2.45, 2.75) is 31.5 Å². The lowest BCUT2D eigenvalue weighted by Gasteiger charge is -2.25. The number of esters is 3. The second kappa shape index (κ2) is 12.5. The highest BCUT2D eigenvalue weighted by Crippen LogP contribution is 2.35. The Morgan fingerprint density at radius 2 is 1.21 bits per heavy atom. The molecular formula is C31H26N2O9. The molecule has 11 heteroatoms. The summed E-state index contributed by atoms with van der Waals surface area (Å²) < 4.78 is 24.4. The summed E-state index contributed by atoms with van der Waals surface area (Å²) in [7, 11) is 0. The summed E-state index contributed by atoms with van der Waals surface area (Å²) in [6, 6.07) is 25.6. The maximum atomic E-state index is 13.2. The molecule has 2 heterocycles. The van der Waals surface area contributed by atoms with Crippen molar-refractivity contribution in [2.24, 2.45) is 0 Å². The average molecular weight is 571 g/mol. The number of ether oxygens (including phenoxy) is 4. The van der Waals surface area contributed by atoms with E-state index in [0.717, 1.165) is 4.57 Å². The van der Waals surface area contributed by atoms with Crippen LogP contribution in [0.1, 0.15) is 43.0 Å². The third-order valence-electron chi connectivity index (χ3n) is 6.60. The fourth-order valence-corrected chi connectivity index (χ4v) is 4.60. The second-order valence-electron chi connectivity index (χ2n) is 9.45. The molecule has 1 N–H and O–H groups in total. The van der Waals surface area contributed by atoms with Crippen LogP contribution < -0.4 is 11.2 Å². The Kier molecular flexibility index (Phi) is 8.39. The Morgan fingerprint density at radius 1 is 0.738 bits per heavy atom. The Bertz CT molecular complexity index is 1680. The predicted molar refractivity (Wildman–Crippen MR) is 148 cm³/mol. The first-order valence-electron chi connectivity index (χ1n) is 13.0. The molecule has 214 valence electrons. The highest BCUT2D eigenvalue weighted by atomic mass is 16.7. The minimum atomic E-state index is -1.38. The summed E-state index contributed by atoms with van der Waals surface area (Å²) in [6.45, 7) is 1.09. The van der Waals surface area contributed by atoms with Crippen molar-refractivity contribution in [3.8, 4) is 0 Å². The molecule has 1 aliphatic rings. The van der Waals surface area contributed by atoms with Crippen molar-refractivity contribution < 1.29 is 33.3 Å². The Hall–Kier alpha value is -5.29. The maximum absolute atomic E-state index is 13.2. The van der Waals surface area contributed by atoms with E-state index in [-0.39, 0.29) is 22.4 Å². The van der Waals surface area contributed by atoms with Gasteiger partial charge in [0.2, 0.25) is 0 Å². The van der Waals surface area contributed by atoms with Gasteiger partial charge in [-0.1, -0.05) is 54.6 Å². The van der Waals surface area contributed by atoms with Crippen molar-refractivity contribution in [2.75, 3.05) is 6.61 Å². The summed E-state index contributed by atoms with van der Waals surface area (Å²) in [5.41, 5.74) is -0.569. The number of aromatic nitrogens is 2. The monoisotopic (exact) mass is 570 g/mol. The van der Waals surface area contributed by atoms with Crippen molar-refractivity contribution >= 4 is 17.9 Å². The van der Waals surface area contributed by atoms with Crippen LogP contribution in [-0.4, -0.2) is 52.4 Å². The quantitative estimate of drug-likeness (QED) is 0.250. The molecule has 4 atom stereocenters. The van der Waals surface area contributed by atoms with Gasteiger partial charge in [0.25, 0.3) is 5.56 Å². The van der Waals surface area contributed by atoms with E-state index in [1.54, 1.807) is 78.9 Å². The van der Waals surface area contributed by atoms with Gasteiger partial charge in [0.1, 0.15) is 12.7 Å². The molecule has 4 aromatic rings. The lowest BCUT2D eigenvalue weighted by atomic mass is 10.1. The van der Waals surface area contributed by atoms with Gasteiger partial charge in [0.15, 0.2) is 18.4 Å². The number of carbonyl (C=O) groups excluding carboxylic acids is 3. The lowest BCUT2D eigenvalue weighted by molar-refractivity contribution is -0.0648. The van der Waals surface area contributed by atoms with Crippen LogP contribution in [0.3, 0.4) is 0 Å². The van der Waals surface area contributed by atoms with Crippen LogP contribution in [0.2, 0.25) is 0 Å². The van der Waals surface area contributed by atoms with E-state index in [2.05, 4.69) is 4.98 Å². The molecule has 0 amide bonds. The minimum Gasteiger partial charge on any atom is -0.459 e. The van der Waals surface area contributed by atoms with E-state index >= 15 is 0 Å². The molecule has 3 aromatic carbocycles. The Balaban J connectivity index is 1.52. The third kappa shape index (κ3) is 6.21. The van der Waals surface area contributed by atoms with Gasteiger partial charge in [-0.2, -0.15) is 0 Å². The topological polar surface area (TPSA) is 143 Å². The van der Waals surface area contributed by atoms with Crippen LogP contribution in [0.4, 0.5) is 0 Å². The van der Waals surface area contributed by atoms with Crippen LogP contribution in [0.25, 0.3) is 0 Å². The van der Waals surface area contributed by atoms with Crippen LogP contribution in [0, 0.1) is 6.92 Å². The Morgan fingerprint density at radius 3 is 1.71 bits per heavy atom. The molecule has 42 heavy (non-hydrogen) atoms. The molecular weight excluding hydrogens is 544 g/mol. The zero-order valence-electron chi connectivity index (χ0n) is 22.4. The lowest BCUT2D eigenvalue weighted by Crippen LogP contribution is -2.43. The van der Waals surface area contributed by atoms with Crippen LogP contribution in [-0.2, 0) is 18.9 Å². The zero-order valence-corrected chi connectivity index (χ0v) is 22.4. The fraction of sp³-hybridized carbons (Fsp3) is 0.194. The predicted octanol–water partition coefficient (Wildman–Crippen LogP) is 3.05. The van der Waals surface area contributed by atoms with Crippen molar-refractivity contribution in [3.05, 3.63) is 140 Å². The molecule has 1 aliphatic heterocycles. The first-order chi connectivity index (χ1) is 20.3. The van der Waals surface area contributed by atoms with Gasteiger partial charge in [-0.25, -0.2) is 19.2 Å². The largest absolute Gasteiger partial charge is 0.459 e. The highest BCUT2D eigenvalue weighted by molar-refractivity contribution is 5.91. The summed E-state index contributed by atoms with van der Waals surface area (Å²) in [4.78, 5) is 66.2. The van der Waals surface area contributed by atoms with Crippen LogP contribution in [0.15, 0.2) is 107 Å². The summed E-state index contributed by atoms with van der Waals surface area (Å²) in [5.74, 6) is -2.19. The van der Waals surface area contributed by atoms with E-state index in [9.17, 15) is 24.0 Å². The van der Waals surface area contributed by atoms with E-state index in [0.29, 0.717) is 0 Å². The number of aromatic amines is 1. The average Bonchev–Trinajstić information content (AvgIpc) is 3.32. The number of rotatable bonds is 8. The van der Waals surface area contributed by atoms with Gasteiger partial charge >= 0.3 is 23.6 Å². The molecule has 1 aromatic heterocycles. The number of hydrogen-bond acceptors (Lipinski definition) is 9. The standard InChI is InChI=1S/C31H26N2O9/c1-19-17-24(34)32-31(38)33(19)27-26(42-30(37)22-15-9-4-10-16-22)25(41-29(36)21-13-7-3-8-14-21)23(40-27)18-39-28(35)20-11-5-2-6-12-20/h2-17,23,25-27H,18H2,1H3,(H,32,34,38)/t23-,25?,26?,27-/m0/s1. The molecule has 11 nitrogen and oxygen atoms in total. The fourth-order valence-electron chi connectivity index (χ4n) is 4.60. The van der Waals surface area contributed by atoms with Gasteiger partial charge in [-0.15, -0.1) is 0 Å². The van der Waals surface area contributed by atoms with Gasteiger partial charge in [-0.3, -0.25) is 14.3 Å². The Labute approximate surface area is 239 Å². The van der Waals surface area contributed by atoms with Crippen molar-refractivity contribution in [1.82, 2.24) is 9.55 Å². The number of carbonyl (C=O) groups is 3. The van der Waals surface area contributed by atoms with Gasteiger partial charge in [-0.05, 0) is 43.3 Å². The molecule has 1 saturated heterocycles. The van der Waals surface area contributed by atoms with Gasteiger partial charge in [0.05, 0.1) is 16.7 Å². The van der Waals surface area contributed by atoms with E-state index in [4.69, 9.17) is 18.9 Å². The molecule has 0 aliphatic carbocycles. The number of H-pyrrole nitrogens is 1. The molecule has 0 spiro atoms.